The number of hydrogen-bond donors (Lipinski definition) is 2. The van der Waals surface area contributed by atoms with Crippen molar-refractivity contribution in [1.82, 2.24) is 4.90 Å². The Balaban J connectivity index is 1.55. The zero-order valence-corrected chi connectivity index (χ0v) is 15.4. The Morgan fingerprint density at radius 1 is 1.38 bits per heavy atom. The molecular formula is C20H27NO5. The van der Waals surface area contributed by atoms with Gasteiger partial charge in [0, 0.05) is 30.5 Å². The van der Waals surface area contributed by atoms with Crippen molar-refractivity contribution in [3.05, 3.63) is 23.8 Å². The van der Waals surface area contributed by atoms with E-state index in [0.29, 0.717) is 18.2 Å². The van der Waals surface area contributed by atoms with Gasteiger partial charge in [0.1, 0.15) is 5.60 Å². The van der Waals surface area contributed by atoms with E-state index in [-0.39, 0.29) is 30.3 Å². The number of benzene rings is 1. The van der Waals surface area contributed by atoms with Gasteiger partial charge in [0.05, 0.1) is 12.2 Å². The van der Waals surface area contributed by atoms with Crippen molar-refractivity contribution in [3.63, 3.8) is 0 Å². The number of para-hydroxylation sites is 1. The molecule has 3 aliphatic rings. The number of hydrogen-bond acceptors (Lipinski definition) is 5. The fourth-order valence-electron chi connectivity index (χ4n) is 4.88. The van der Waals surface area contributed by atoms with Crippen LogP contribution >= 0.6 is 0 Å². The quantitative estimate of drug-likeness (QED) is 0.858. The fraction of sp³-hybridized carbons (Fsp3) is 0.650. The molecule has 26 heavy (non-hydrogen) atoms. The zero-order valence-electron chi connectivity index (χ0n) is 15.4. The van der Waals surface area contributed by atoms with E-state index in [0.717, 1.165) is 31.5 Å². The summed E-state index contributed by atoms with van der Waals surface area (Å²) in [7, 11) is 0. The maximum absolute atomic E-state index is 10.8. The zero-order chi connectivity index (χ0) is 18.5. The van der Waals surface area contributed by atoms with Gasteiger partial charge in [-0.15, -0.1) is 0 Å². The van der Waals surface area contributed by atoms with E-state index in [1.54, 1.807) is 6.07 Å². The molecule has 4 atom stereocenters. The smallest absolute Gasteiger partial charge is 0.303 e. The first-order valence-corrected chi connectivity index (χ1v) is 9.49. The number of likely N-dealkylation sites (tertiary alicyclic amines) is 1. The first kappa shape index (κ1) is 17.6. The molecule has 0 amide bonds. The molecule has 2 fully saturated rings. The monoisotopic (exact) mass is 361 g/mol. The molecular weight excluding hydrogens is 334 g/mol. The molecule has 0 spiro atoms. The van der Waals surface area contributed by atoms with Crippen molar-refractivity contribution in [2.45, 2.75) is 63.4 Å². The molecule has 4 rings (SSSR count). The van der Waals surface area contributed by atoms with Crippen LogP contribution in [0.3, 0.4) is 0 Å². The second kappa shape index (κ2) is 6.43. The van der Waals surface area contributed by atoms with Crippen molar-refractivity contribution in [2.24, 2.45) is 5.92 Å². The number of aliphatic carboxylic acids is 1. The van der Waals surface area contributed by atoms with Gasteiger partial charge in [-0.2, -0.15) is 0 Å². The van der Waals surface area contributed by atoms with Crippen LogP contribution in [0, 0.1) is 5.92 Å². The molecule has 142 valence electrons. The largest absolute Gasteiger partial charge is 0.504 e. The third kappa shape index (κ3) is 2.95. The number of phenolic OH excluding ortho intramolecular Hbond substituents is 1. The summed E-state index contributed by atoms with van der Waals surface area (Å²) < 4.78 is 12.7. The third-order valence-electron chi connectivity index (χ3n) is 6.21. The average molecular weight is 361 g/mol. The van der Waals surface area contributed by atoms with Crippen LogP contribution in [-0.4, -0.2) is 51.9 Å². The average Bonchev–Trinajstić information content (AvgIpc) is 2.97. The van der Waals surface area contributed by atoms with E-state index in [4.69, 9.17) is 14.6 Å². The fourth-order valence-corrected chi connectivity index (χ4v) is 4.88. The molecule has 0 aliphatic carbocycles. The van der Waals surface area contributed by atoms with Gasteiger partial charge < -0.3 is 19.7 Å². The highest BCUT2D eigenvalue weighted by Gasteiger charge is 2.53. The highest BCUT2D eigenvalue weighted by Crippen LogP contribution is 2.54. The highest BCUT2D eigenvalue weighted by atomic mass is 16.5. The maximum Gasteiger partial charge on any atom is 0.303 e. The first-order valence-electron chi connectivity index (χ1n) is 9.49. The summed E-state index contributed by atoms with van der Waals surface area (Å²) in [6, 6.07) is 5.80. The van der Waals surface area contributed by atoms with Crippen LogP contribution in [0.4, 0.5) is 0 Å². The van der Waals surface area contributed by atoms with Crippen molar-refractivity contribution in [2.75, 3.05) is 13.1 Å². The minimum absolute atomic E-state index is 0.0685. The first-order chi connectivity index (χ1) is 12.4. The third-order valence-corrected chi connectivity index (χ3v) is 6.21. The van der Waals surface area contributed by atoms with Gasteiger partial charge in [0.15, 0.2) is 11.5 Å². The molecule has 6 nitrogen and oxygen atoms in total. The van der Waals surface area contributed by atoms with Crippen molar-refractivity contribution in [1.29, 1.82) is 0 Å². The molecule has 2 saturated heterocycles. The van der Waals surface area contributed by atoms with Gasteiger partial charge in [-0.05, 0) is 45.7 Å². The van der Waals surface area contributed by atoms with Crippen LogP contribution in [0.25, 0.3) is 0 Å². The lowest BCUT2D eigenvalue weighted by Gasteiger charge is -2.50. The standard InChI is InChI=1S/C20H27NO5/c1-20(2)13-11-14-16(8-10-21(14)9-4-7-17(23)24)25-18(13)12-5-3-6-15(22)19(12)26-20/h3,5-6,13-14,16,18,22H,4,7-11H2,1-2H3,(H,23,24)/t13-,14+,16-,18+/m1/s1. The molecule has 0 aromatic heterocycles. The van der Waals surface area contributed by atoms with Gasteiger partial charge in [-0.1, -0.05) is 12.1 Å². The number of carboxylic acids is 1. The molecule has 0 bridgehead atoms. The molecule has 2 N–H and O–H groups in total. The van der Waals surface area contributed by atoms with Crippen molar-refractivity contribution in [3.8, 4) is 11.5 Å². The molecule has 0 saturated carbocycles. The van der Waals surface area contributed by atoms with E-state index in [1.165, 1.54) is 0 Å². The molecule has 1 aromatic carbocycles. The van der Waals surface area contributed by atoms with Gasteiger partial charge in [0.25, 0.3) is 0 Å². The Labute approximate surface area is 153 Å². The maximum atomic E-state index is 10.8. The van der Waals surface area contributed by atoms with Crippen LogP contribution in [0.1, 0.15) is 51.2 Å². The van der Waals surface area contributed by atoms with Gasteiger partial charge in [-0.25, -0.2) is 0 Å². The van der Waals surface area contributed by atoms with E-state index in [9.17, 15) is 9.90 Å². The number of rotatable bonds is 4. The number of carboxylic acid groups (broad SMARTS) is 1. The predicted molar refractivity (Wildman–Crippen MR) is 95.4 cm³/mol. The minimum atomic E-state index is -0.737. The Bertz CT molecular complexity index is 703. The van der Waals surface area contributed by atoms with Gasteiger partial charge in [0.2, 0.25) is 0 Å². The lowest BCUT2D eigenvalue weighted by atomic mass is 9.74. The molecule has 3 aliphatic heterocycles. The minimum Gasteiger partial charge on any atom is -0.504 e. The summed E-state index contributed by atoms with van der Waals surface area (Å²) in [5, 5.41) is 19.1. The Hall–Kier alpha value is -1.79. The molecule has 0 radical (unpaired) electrons. The summed E-state index contributed by atoms with van der Waals surface area (Å²) >= 11 is 0. The summed E-state index contributed by atoms with van der Waals surface area (Å²) in [5.74, 6) is 0.173. The number of fused-ring (bicyclic) bond motifs is 4. The van der Waals surface area contributed by atoms with Crippen LogP contribution in [0.5, 0.6) is 11.5 Å². The summed E-state index contributed by atoms with van der Waals surface area (Å²) in [6.07, 6.45) is 2.90. The Morgan fingerprint density at radius 2 is 2.19 bits per heavy atom. The predicted octanol–water partition coefficient (Wildman–Crippen LogP) is 2.95. The highest BCUT2D eigenvalue weighted by molar-refractivity contribution is 5.66. The van der Waals surface area contributed by atoms with Crippen LogP contribution < -0.4 is 4.74 Å². The second-order valence-electron chi connectivity index (χ2n) is 8.23. The number of phenols is 1. The molecule has 0 unspecified atom stereocenters. The van der Waals surface area contributed by atoms with Gasteiger partial charge >= 0.3 is 5.97 Å². The number of aromatic hydroxyl groups is 1. The second-order valence-corrected chi connectivity index (χ2v) is 8.23. The van der Waals surface area contributed by atoms with Crippen LogP contribution in [0.2, 0.25) is 0 Å². The van der Waals surface area contributed by atoms with Crippen molar-refractivity contribution >= 4 is 5.97 Å². The van der Waals surface area contributed by atoms with E-state index < -0.39 is 11.6 Å². The Kier molecular flexibility index (Phi) is 4.35. The lowest BCUT2D eigenvalue weighted by Crippen LogP contribution is -2.54. The van der Waals surface area contributed by atoms with E-state index >= 15 is 0 Å². The summed E-state index contributed by atoms with van der Waals surface area (Å²) in [6.45, 7) is 5.87. The topological polar surface area (TPSA) is 79.2 Å². The normalized spacial score (nSPS) is 32.2. The number of carbonyl (C=O) groups is 1. The van der Waals surface area contributed by atoms with Crippen LogP contribution in [0.15, 0.2) is 18.2 Å². The molecule has 3 heterocycles. The molecule has 1 aromatic rings. The molecule has 6 heteroatoms. The summed E-state index contributed by atoms with van der Waals surface area (Å²) in [4.78, 5) is 13.2. The SMILES string of the molecule is CC1(C)Oc2c(O)cccc2[C@@H]2O[C@@H]3CCN(CCCC(=O)O)[C@H]3C[C@H]21. The van der Waals surface area contributed by atoms with Crippen molar-refractivity contribution < 1.29 is 24.5 Å². The number of ether oxygens (including phenoxy) is 2. The van der Waals surface area contributed by atoms with Crippen LogP contribution in [-0.2, 0) is 9.53 Å². The van der Waals surface area contributed by atoms with Gasteiger partial charge in [-0.3, -0.25) is 9.69 Å². The van der Waals surface area contributed by atoms with E-state index in [1.807, 2.05) is 12.1 Å². The number of nitrogens with zero attached hydrogens (tertiary/aromatic N) is 1. The summed E-state index contributed by atoms with van der Waals surface area (Å²) in [5.41, 5.74) is 0.508. The lowest BCUT2D eigenvalue weighted by molar-refractivity contribution is -0.162. The van der Waals surface area contributed by atoms with E-state index in [2.05, 4.69) is 18.7 Å². The Morgan fingerprint density at radius 3 is 2.96 bits per heavy atom.